The van der Waals surface area contributed by atoms with Crippen molar-refractivity contribution >= 4 is 5.69 Å². The number of hydrogen-bond acceptors (Lipinski definition) is 4. The molecule has 5 N–H and O–H groups in total. The van der Waals surface area contributed by atoms with Crippen LogP contribution >= 0.6 is 0 Å². The third-order valence-corrected chi connectivity index (χ3v) is 1.18. The van der Waals surface area contributed by atoms with E-state index in [9.17, 15) is 0 Å². The van der Waals surface area contributed by atoms with Crippen molar-refractivity contribution < 1.29 is 9.84 Å². The van der Waals surface area contributed by atoms with Crippen molar-refractivity contribution in [3.63, 3.8) is 0 Å². The van der Waals surface area contributed by atoms with Gasteiger partial charge in [-0.25, -0.2) is 0 Å². The van der Waals surface area contributed by atoms with Crippen molar-refractivity contribution in [3.8, 4) is 5.75 Å². The van der Waals surface area contributed by atoms with Gasteiger partial charge in [0.25, 0.3) is 5.91 Å². The molecule has 0 saturated carbocycles. The number of nitrogen functional groups attached to an aromatic ring is 1. The molecule has 1 atom stereocenters. The fraction of sp³-hybridized carbons (Fsp3) is 0.250. The Hall–Kier alpha value is -1.26. The van der Waals surface area contributed by atoms with E-state index in [2.05, 4.69) is 0 Å². The molecule has 0 saturated heterocycles. The molecule has 1 rings (SSSR count). The molecule has 1 aromatic carbocycles. The Morgan fingerprint density at radius 1 is 1.50 bits per heavy atom. The Kier molecular flexibility index (Phi) is 2.21. The Morgan fingerprint density at radius 2 is 2.17 bits per heavy atom. The van der Waals surface area contributed by atoms with Crippen molar-refractivity contribution in [2.75, 3.05) is 5.73 Å². The molecule has 0 aliphatic heterocycles. The SMILES string of the molecule is CC(N)(O)Oc1cccc(N)c1. The molecule has 0 aliphatic carbocycles. The molecule has 1 aromatic rings. The minimum absolute atomic E-state index is 0.447. The number of nitrogens with two attached hydrogens (primary N) is 2. The molecule has 0 bridgehead atoms. The van der Waals surface area contributed by atoms with E-state index in [4.69, 9.17) is 21.3 Å². The number of rotatable bonds is 2. The number of benzene rings is 1. The summed E-state index contributed by atoms with van der Waals surface area (Å²) in [6.45, 7) is 1.34. The molecular weight excluding hydrogens is 156 g/mol. The maximum atomic E-state index is 9.08. The Balaban J connectivity index is 2.77. The summed E-state index contributed by atoms with van der Waals surface area (Å²) in [5.41, 5.74) is 11.3. The lowest BCUT2D eigenvalue weighted by molar-refractivity contribution is -0.115. The van der Waals surface area contributed by atoms with Gasteiger partial charge in [-0.15, -0.1) is 0 Å². The number of ether oxygens (including phenoxy) is 1. The largest absolute Gasteiger partial charge is 0.449 e. The van der Waals surface area contributed by atoms with E-state index in [-0.39, 0.29) is 0 Å². The predicted octanol–water partition coefficient (Wildman–Crippen LogP) is 0.272. The molecule has 4 nitrogen and oxygen atoms in total. The lowest BCUT2D eigenvalue weighted by Crippen LogP contribution is -2.42. The van der Waals surface area contributed by atoms with Crippen LogP contribution in [0.15, 0.2) is 24.3 Å². The predicted molar refractivity (Wildman–Crippen MR) is 46.3 cm³/mol. The molecule has 0 radical (unpaired) electrons. The molecule has 0 spiro atoms. The Bertz CT molecular complexity index is 268. The summed E-state index contributed by atoms with van der Waals surface area (Å²) in [4.78, 5) is 0. The third kappa shape index (κ3) is 2.77. The van der Waals surface area contributed by atoms with Crippen LogP contribution in [0.25, 0.3) is 0 Å². The molecule has 66 valence electrons. The zero-order valence-corrected chi connectivity index (χ0v) is 6.82. The monoisotopic (exact) mass is 168 g/mol. The van der Waals surface area contributed by atoms with Crippen molar-refractivity contribution in [2.45, 2.75) is 12.8 Å². The van der Waals surface area contributed by atoms with E-state index < -0.39 is 5.91 Å². The second-order valence-electron chi connectivity index (χ2n) is 2.73. The Morgan fingerprint density at radius 3 is 2.67 bits per heavy atom. The minimum atomic E-state index is -1.66. The lowest BCUT2D eigenvalue weighted by Gasteiger charge is -2.19. The van der Waals surface area contributed by atoms with Crippen LogP contribution in [-0.4, -0.2) is 11.0 Å². The summed E-state index contributed by atoms with van der Waals surface area (Å²) in [5.74, 6) is -1.21. The number of anilines is 1. The molecule has 0 aliphatic rings. The lowest BCUT2D eigenvalue weighted by atomic mass is 10.3. The van der Waals surface area contributed by atoms with Crippen LogP contribution in [-0.2, 0) is 0 Å². The van der Waals surface area contributed by atoms with Crippen LogP contribution in [0.3, 0.4) is 0 Å². The van der Waals surface area contributed by atoms with E-state index in [0.717, 1.165) is 0 Å². The van der Waals surface area contributed by atoms with Gasteiger partial charge in [-0.3, -0.25) is 5.73 Å². The maximum absolute atomic E-state index is 9.08. The van der Waals surface area contributed by atoms with Gasteiger partial charge in [0.2, 0.25) is 0 Å². The first-order chi connectivity index (χ1) is 5.47. The first-order valence-corrected chi connectivity index (χ1v) is 3.53. The zero-order valence-electron chi connectivity index (χ0n) is 6.82. The van der Waals surface area contributed by atoms with Crippen LogP contribution < -0.4 is 16.2 Å². The van der Waals surface area contributed by atoms with Gasteiger partial charge in [0.05, 0.1) is 0 Å². The molecule has 12 heavy (non-hydrogen) atoms. The molecule has 4 heteroatoms. The highest BCUT2D eigenvalue weighted by atomic mass is 16.6. The van der Waals surface area contributed by atoms with E-state index >= 15 is 0 Å². The van der Waals surface area contributed by atoms with Gasteiger partial charge < -0.3 is 15.6 Å². The summed E-state index contributed by atoms with van der Waals surface area (Å²) >= 11 is 0. The average molecular weight is 168 g/mol. The first-order valence-electron chi connectivity index (χ1n) is 3.53. The second kappa shape index (κ2) is 3.00. The molecule has 0 aromatic heterocycles. The highest BCUT2D eigenvalue weighted by Crippen LogP contribution is 2.16. The van der Waals surface area contributed by atoms with Crippen LogP contribution in [0.1, 0.15) is 6.92 Å². The standard InChI is InChI=1S/C8H12N2O2/c1-8(10,11)12-7-4-2-3-6(9)5-7/h2-5,11H,9-10H2,1H3. The highest BCUT2D eigenvalue weighted by molar-refractivity contribution is 5.43. The van der Waals surface area contributed by atoms with Gasteiger partial charge >= 0.3 is 0 Å². The second-order valence-corrected chi connectivity index (χ2v) is 2.73. The van der Waals surface area contributed by atoms with E-state index in [0.29, 0.717) is 11.4 Å². The molecule has 0 heterocycles. The van der Waals surface area contributed by atoms with Gasteiger partial charge in [-0.1, -0.05) is 6.07 Å². The fourth-order valence-corrected chi connectivity index (χ4v) is 0.817. The summed E-state index contributed by atoms with van der Waals surface area (Å²) < 4.78 is 4.94. The fourth-order valence-electron chi connectivity index (χ4n) is 0.817. The summed E-state index contributed by atoms with van der Waals surface area (Å²) in [5, 5.41) is 9.08. The smallest absolute Gasteiger partial charge is 0.262 e. The van der Waals surface area contributed by atoms with Crippen LogP contribution in [0.2, 0.25) is 0 Å². The van der Waals surface area contributed by atoms with E-state index in [1.54, 1.807) is 24.3 Å². The maximum Gasteiger partial charge on any atom is 0.262 e. The van der Waals surface area contributed by atoms with Gasteiger partial charge in [0.15, 0.2) is 0 Å². The average Bonchev–Trinajstić information content (AvgIpc) is 1.82. The van der Waals surface area contributed by atoms with Gasteiger partial charge in [-0.2, -0.15) is 0 Å². The third-order valence-electron chi connectivity index (χ3n) is 1.18. The van der Waals surface area contributed by atoms with Crippen molar-refractivity contribution in [3.05, 3.63) is 24.3 Å². The highest BCUT2D eigenvalue weighted by Gasteiger charge is 2.14. The molecule has 0 fully saturated rings. The molecule has 1 unspecified atom stereocenters. The summed E-state index contributed by atoms with van der Waals surface area (Å²) in [6.07, 6.45) is 0. The van der Waals surface area contributed by atoms with Crippen molar-refractivity contribution in [1.29, 1.82) is 0 Å². The van der Waals surface area contributed by atoms with Crippen LogP contribution in [0, 0.1) is 0 Å². The van der Waals surface area contributed by atoms with Gasteiger partial charge in [0.1, 0.15) is 5.75 Å². The first kappa shape index (κ1) is 8.83. The van der Waals surface area contributed by atoms with Crippen molar-refractivity contribution in [1.82, 2.24) is 0 Å². The molecular formula is C8H12N2O2. The van der Waals surface area contributed by atoms with Crippen molar-refractivity contribution in [2.24, 2.45) is 5.73 Å². The number of aliphatic hydroxyl groups is 1. The van der Waals surface area contributed by atoms with E-state index in [1.807, 2.05) is 0 Å². The quantitative estimate of drug-likeness (QED) is 0.437. The zero-order chi connectivity index (χ0) is 9.19. The van der Waals surface area contributed by atoms with Gasteiger partial charge in [-0.05, 0) is 12.1 Å². The van der Waals surface area contributed by atoms with Crippen LogP contribution in [0.5, 0.6) is 5.75 Å². The Labute approximate surface area is 70.7 Å². The van der Waals surface area contributed by atoms with Crippen LogP contribution in [0.4, 0.5) is 5.69 Å². The minimum Gasteiger partial charge on any atom is -0.449 e. The van der Waals surface area contributed by atoms with E-state index in [1.165, 1.54) is 6.92 Å². The summed E-state index contributed by atoms with van der Waals surface area (Å²) in [6, 6.07) is 6.69. The van der Waals surface area contributed by atoms with Gasteiger partial charge in [0, 0.05) is 18.7 Å². The normalized spacial score (nSPS) is 15.2. The topological polar surface area (TPSA) is 81.5 Å². The number of hydrogen-bond donors (Lipinski definition) is 3. The molecule has 0 amide bonds. The summed E-state index contributed by atoms with van der Waals surface area (Å²) in [7, 11) is 0.